The number of carbonyl (C=O) groups excluding carboxylic acids is 1. The van der Waals surface area contributed by atoms with E-state index in [4.69, 9.17) is 10.7 Å². The van der Waals surface area contributed by atoms with Gasteiger partial charge >= 0.3 is 0 Å². The number of hydrogen-bond donors (Lipinski definition) is 3. The van der Waals surface area contributed by atoms with E-state index in [-0.39, 0.29) is 17.9 Å². The molecule has 4 heterocycles. The third-order valence-electron chi connectivity index (χ3n) is 6.03. The van der Waals surface area contributed by atoms with E-state index in [0.29, 0.717) is 5.95 Å². The molecule has 10 heteroatoms. The molecule has 4 aromatic heterocycles. The van der Waals surface area contributed by atoms with Crippen LogP contribution in [0, 0.1) is 12.8 Å². The van der Waals surface area contributed by atoms with Crippen molar-refractivity contribution in [3.8, 4) is 11.4 Å². The first-order valence-corrected chi connectivity index (χ1v) is 11.0. The molecule has 4 N–H and O–H groups in total. The summed E-state index contributed by atoms with van der Waals surface area (Å²) in [6, 6.07) is 4.13. The Bertz CT molecular complexity index is 1280. The third-order valence-corrected chi connectivity index (χ3v) is 6.03. The number of nitrogens with two attached hydrogens (primary N) is 1. The van der Waals surface area contributed by atoms with Gasteiger partial charge in [0, 0.05) is 24.4 Å². The van der Waals surface area contributed by atoms with Gasteiger partial charge in [0.1, 0.15) is 12.0 Å². The van der Waals surface area contributed by atoms with Crippen molar-refractivity contribution in [2.75, 3.05) is 10.6 Å². The van der Waals surface area contributed by atoms with Crippen LogP contribution in [0.5, 0.6) is 0 Å². The predicted molar refractivity (Wildman–Crippen MR) is 125 cm³/mol. The lowest BCUT2D eigenvalue weighted by Crippen LogP contribution is -2.32. The zero-order chi connectivity index (χ0) is 22.8. The minimum absolute atomic E-state index is 0.0269. The van der Waals surface area contributed by atoms with Crippen LogP contribution in [0.4, 0.5) is 17.3 Å². The highest BCUT2D eigenvalue weighted by Gasteiger charge is 2.25. The van der Waals surface area contributed by atoms with Crippen LogP contribution in [-0.4, -0.2) is 41.3 Å². The molecular weight excluding hydrogens is 418 g/mol. The number of aryl methyl sites for hydroxylation is 1. The van der Waals surface area contributed by atoms with E-state index in [2.05, 4.69) is 30.6 Å². The average Bonchev–Trinajstić information content (AvgIpc) is 3.24. The maximum atomic E-state index is 11.4. The fraction of sp³-hybridized carbons (Fsp3) is 0.304. The van der Waals surface area contributed by atoms with Gasteiger partial charge in [0.05, 0.1) is 41.4 Å². The second-order valence-electron chi connectivity index (χ2n) is 8.36. The minimum Gasteiger partial charge on any atom is -0.369 e. The molecule has 33 heavy (non-hydrogen) atoms. The Hall–Kier alpha value is -4.08. The Kier molecular flexibility index (Phi) is 5.55. The molecule has 0 unspecified atom stereocenters. The van der Waals surface area contributed by atoms with Gasteiger partial charge in [-0.1, -0.05) is 0 Å². The lowest BCUT2D eigenvalue weighted by molar-refractivity contribution is -0.122. The lowest BCUT2D eigenvalue weighted by Gasteiger charge is -2.27. The molecule has 1 saturated carbocycles. The van der Waals surface area contributed by atoms with Crippen molar-refractivity contribution < 1.29 is 4.79 Å². The molecule has 0 bridgehead atoms. The van der Waals surface area contributed by atoms with E-state index < -0.39 is 0 Å². The van der Waals surface area contributed by atoms with Gasteiger partial charge in [-0.2, -0.15) is 0 Å². The molecule has 4 aromatic rings. The summed E-state index contributed by atoms with van der Waals surface area (Å²) >= 11 is 0. The van der Waals surface area contributed by atoms with Gasteiger partial charge in [-0.3, -0.25) is 9.20 Å². The van der Waals surface area contributed by atoms with Crippen LogP contribution in [-0.2, 0) is 4.79 Å². The third kappa shape index (κ3) is 4.45. The first-order valence-electron chi connectivity index (χ1n) is 11.0. The second kappa shape index (κ2) is 8.81. The zero-order valence-electron chi connectivity index (χ0n) is 18.3. The largest absolute Gasteiger partial charge is 0.369 e. The number of anilines is 3. The molecule has 10 nitrogen and oxygen atoms in total. The minimum atomic E-state index is -0.205. The van der Waals surface area contributed by atoms with Gasteiger partial charge in [0.2, 0.25) is 11.9 Å². The molecule has 0 spiro atoms. The maximum Gasteiger partial charge on any atom is 0.223 e. The first-order chi connectivity index (χ1) is 16.1. The molecule has 0 saturated heterocycles. The second-order valence-corrected chi connectivity index (χ2v) is 8.36. The van der Waals surface area contributed by atoms with Crippen molar-refractivity contribution in [3.63, 3.8) is 0 Å². The van der Waals surface area contributed by atoms with Crippen LogP contribution < -0.4 is 16.4 Å². The van der Waals surface area contributed by atoms with E-state index in [9.17, 15) is 4.79 Å². The highest BCUT2D eigenvalue weighted by molar-refractivity contribution is 5.76. The predicted octanol–water partition coefficient (Wildman–Crippen LogP) is 3.09. The highest BCUT2D eigenvalue weighted by atomic mass is 16.1. The molecular formula is C23H25N9O. The number of amides is 1. The Morgan fingerprint density at radius 2 is 1.82 bits per heavy atom. The molecule has 0 atom stereocenters. The number of nitrogens with one attached hydrogen (secondary N) is 2. The van der Waals surface area contributed by atoms with Crippen LogP contribution in [0.3, 0.4) is 0 Å². The monoisotopic (exact) mass is 443 g/mol. The van der Waals surface area contributed by atoms with Gasteiger partial charge in [-0.15, -0.1) is 0 Å². The molecule has 168 valence electrons. The van der Waals surface area contributed by atoms with Crippen molar-refractivity contribution in [1.82, 2.24) is 29.3 Å². The number of nitrogens with zero attached hydrogens (tertiary/aromatic N) is 6. The molecule has 1 amide bonds. The average molecular weight is 444 g/mol. The lowest BCUT2D eigenvalue weighted by atomic mass is 9.86. The smallest absolute Gasteiger partial charge is 0.223 e. The normalized spacial score (nSPS) is 18.2. The summed E-state index contributed by atoms with van der Waals surface area (Å²) in [5.41, 5.74) is 10.6. The fourth-order valence-electron chi connectivity index (χ4n) is 4.24. The van der Waals surface area contributed by atoms with E-state index in [1.165, 1.54) is 6.33 Å². The van der Waals surface area contributed by atoms with Crippen molar-refractivity contribution in [2.24, 2.45) is 11.7 Å². The summed E-state index contributed by atoms with van der Waals surface area (Å²) < 4.78 is 2.00. The summed E-state index contributed by atoms with van der Waals surface area (Å²) in [5, 5.41) is 6.74. The highest BCUT2D eigenvalue weighted by Crippen LogP contribution is 2.28. The van der Waals surface area contributed by atoms with Crippen LogP contribution in [0.1, 0.15) is 31.2 Å². The molecule has 0 radical (unpaired) electrons. The molecule has 1 fully saturated rings. The van der Waals surface area contributed by atoms with Crippen LogP contribution >= 0.6 is 0 Å². The summed E-state index contributed by atoms with van der Waals surface area (Å²) in [6.07, 6.45) is 13.9. The Morgan fingerprint density at radius 1 is 1.03 bits per heavy atom. The number of rotatable bonds is 6. The van der Waals surface area contributed by atoms with Gasteiger partial charge in [-0.05, 0) is 50.3 Å². The van der Waals surface area contributed by atoms with Gasteiger partial charge in [-0.25, -0.2) is 24.9 Å². The Morgan fingerprint density at radius 3 is 2.58 bits per heavy atom. The summed E-state index contributed by atoms with van der Waals surface area (Å²) in [4.78, 5) is 33.3. The van der Waals surface area contributed by atoms with E-state index >= 15 is 0 Å². The van der Waals surface area contributed by atoms with E-state index in [0.717, 1.165) is 59.7 Å². The number of aromatic nitrogens is 6. The molecule has 5 rings (SSSR count). The number of hydrogen-bond acceptors (Lipinski definition) is 8. The number of primary amides is 1. The van der Waals surface area contributed by atoms with E-state index in [1.807, 2.05) is 42.0 Å². The number of fused-ring (bicyclic) bond motifs is 1. The Balaban J connectivity index is 1.40. The van der Waals surface area contributed by atoms with Crippen LogP contribution in [0.2, 0.25) is 0 Å². The zero-order valence-corrected chi connectivity index (χ0v) is 18.3. The van der Waals surface area contributed by atoms with Crippen molar-refractivity contribution in [3.05, 3.63) is 55.0 Å². The summed E-state index contributed by atoms with van der Waals surface area (Å²) in [5.74, 6) is 0.341. The summed E-state index contributed by atoms with van der Waals surface area (Å²) in [7, 11) is 0. The number of imidazole rings is 1. The first kappa shape index (κ1) is 20.8. The molecule has 0 aromatic carbocycles. The van der Waals surface area contributed by atoms with Gasteiger partial charge in [0.15, 0.2) is 0 Å². The molecule has 0 aliphatic heterocycles. The summed E-state index contributed by atoms with van der Waals surface area (Å²) in [6.45, 7) is 1.99. The van der Waals surface area contributed by atoms with Crippen LogP contribution in [0.15, 0.2) is 49.4 Å². The van der Waals surface area contributed by atoms with Crippen molar-refractivity contribution in [2.45, 2.75) is 38.6 Å². The Labute approximate surface area is 190 Å². The van der Waals surface area contributed by atoms with Crippen LogP contribution in [0.25, 0.3) is 17.0 Å². The molecule has 1 aliphatic carbocycles. The van der Waals surface area contributed by atoms with Gasteiger partial charge < -0.3 is 16.4 Å². The van der Waals surface area contributed by atoms with Crippen molar-refractivity contribution >= 4 is 28.9 Å². The van der Waals surface area contributed by atoms with Gasteiger partial charge in [0.25, 0.3) is 0 Å². The number of carbonyl (C=O) groups is 1. The topological polar surface area (TPSA) is 136 Å². The SMILES string of the molecule is Cc1cnc(NC2CCC(C(N)=O)CC2)nc1-c1cnc2ccc(Nc3cncnc3)cn12. The van der Waals surface area contributed by atoms with Crippen molar-refractivity contribution in [1.29, 1.82) is 0 Å². The number of pyridine rings is 1. The van der Waals surface area contributed by atoms with E-state index in [1.54, 1.807) is 12.4 Å². The molecule has 1 aliphatic rings. The standard InChI is InChI=1S/C23H25N9O/c1-14-8-28-23(30-16-4-2-15(3-5-16)22(24)33)31-21(14)19-11-27-20-7-6-17(12-32(19)20)29-18-9-25-13-26-10-18/h6-13,15-16,29H,2-5H2,1H3,(H2,24,33)(H,28,30,31). The fourth-order valence-corrected chi connectivity index (χ4v) is 4.24. The maximum absolute atomic E-state index is 11.4. The quantitative estimate of drug-likeness (QED) is 0.414.